The standard InChI is InChI=1S/C17H23Cl2N5O/c1-3-20-17(21-4-5-24-11-12(2)9-23-24)22-10-16(25)13-6-14(18)8-15(19)7-13/h6-9,11,16,25H,3-5,10H2,1-2H3,(H2,20,21,22). The van der Waals surface area contributed by atoms with Gasteiger partial charge in [-0.2, -0.15) is 5.10 Å². The zero-order valence-electron chi connectivity index (χ0n) is 14.3. The lowest BCUT2D eigenvalue weighted by molar-refractivity contribution is 0.187. The summed E-state index contributed by atoms with van der Waals surface area (Å²) in [6.45, 7) is 6.32. The van der Waals surface area contributed by atoms with Gasteiger partial charge in [0.25, 0.3) is 0 Å². The van der Waals surface area contributed by atoms with Crippen molar-refractivity contribution in [2.75, 3.05) is 19.6 Å². The summed E-state index contributed by atoms with van der Waals surface area (Å²) in [5, 5.41) is 21.9. The van der Waals surface area contributed by atoms with Crippen LogP contribution in [-0.4, -0.2) is 40.5 Å². The van der Waals surface area contributed by atoms with E-state index in [0.29, 0.717) is 28.1 Å². The second kappa shape index (κ2) is 9.65. The predicted molar refractivity (Wildman–Crippen MR) is 102 cm³/mol. The Morgan fingerprint density at radius 2 is 2.00 bits per heavy atom. The van der Waals surface area contributed by atoms with E-state index in [2.05, 4.69) is 20.7 Å². The highest BCUT2D eigenvalue weighted by Gasteiger charge is 2.09. The van der Waals surface area contributed by atoms with Crippen LogP contribution in [-0.2, 0) is 6.54 Å². The molecule has 25 heavy (non-hydrogen) atoms. The van der Waals surface area contributed by atoms with Gasteiger partial charge in [-0.1, -0.05) is 23.2 Å². The molecule has 2 rings (SSSR count). The number of nitrogens with zero attached hydrogens (tertiary/aromatic N) is 3. The zero-order valence-corrected chi connectivity index (χ0v) is 15.8. The van der Waals surface area contributed by atoms with Gasteiger partial charge in [0.1, 0.15) is 0 Å². The molecular weight excluding hydrogens is 361 g/mol. The van der Waals surface area contributed by atoms with E-state index < -0.39 is 6.10 Å². The molecule has 3 N–H and O–H groups in total. The van der Waals surface area contributed by atoms with Crippen molar-refractivity contribution in [2.45, 2.75) is 26.5 Å². The molecular formula is C17H23Cl2N5O. The molecule has 1 aromatic carbocycles. The molecule has 0 aliphatic heterocycles. The van der Waals surface area contributed by atoms with Crippen molar-refractivity contribution in [3.63, 3.8) is 0 Å². The fourth-order valence-corrected chi connectivity index (χ4v) is 2.81. The summed E-state index contributed by atoms with van der Waals surface area (Å²) in [6, 6.07) is 5.01. The van der Waals surface area contributed by atoms with Gasteiger partial charge in [0.05, 0.1) is 25.4 Å². The van der Waals surface area contributed by atoms with E-state index in [-0.39, 0.29) is 6.54 Å². The maximum Gasteiger partial charge on any atom is 0.191 e. The van der Waals surface area contributed by atoms with E-state index in [1.54, 1.807) is 18.2 Å². The highest BCUT2D eigenvalue weighted by atomic mass is 35.5. The first-order chi connectivity index (χ1) is 12.0. The Morgan fingerprint density at radius 1 is 1.28 bits per heavy atom. The first-order valence-corrected chi connectivity index (χ1v) is 8.89. The molecule has 0 bridgehead atoms. The number of nitrogens with one attached hydrogen (secondary N) is 2. The van der Waals surface area contributed by atoms with E-state index in [1.165, 1.54) is 0 Å². The summed E-state index contributed by atoms with van der Waals surface area (Å²) in [4.78, 5) is 4.41. The average Bonchev–Trinajstić information content (AvgIpc) is 2.96. The number of guanidine groups is 1. The number of aromatic nitrogens is 2. The van der Waals surface area contributed by atoms with Crippen LogP contribution < -0.4 is 10.6 Å². The van der Waals surface area contributed by atoms with Crippen molar-refractivity contribution in [3.8, 4) is 0 Å². The van der Waals surface area contributed by atoms with Crippen LogP contribution in [0.4, 0.5) is 0 Å². The number of rotatable bonds is 7. The Balaban J connectivity index is 1.91. The van der Waals surface area contributed by atoms with Crippen molar-refractivity contribution < 1.29 is 5.11 Å². The molecule has 0 spiro atoms. The smallest absolute Gasteiger partial charge is 0.191 e. The van der Waals surface area contributed by atoms with Crippen LogP contribution in [0.3, 0.4) is 0 Å². The van der Waals surface area contributed by atoms with Crippen molar-refractivity contribution in [2.24, 2.45) is 4.99 Å². The van der Waals surface area contributed by atoms with E-state index in [0.717, 1.165) is 18.7 Å². The topological polar surface area (TPSA) is 74.5 Å². The lowest BCUT2D eigenvalue weighted by atomic mass is 10.1. The minimum atomic E-state index is -0.777. The molecule has 0 saturated carbocycles. The second-order valence-electron chi connectivity index (χ2n) is 5.65. The number of halogens is 2. The predicted octanol–water partition coefficient (Wildman–Crippen LogP) is 2.79. The third-order valence-corrected chi connectivity index (χ3v) is 3.87. The van der Waals surface area contributed by atoms with E-state index in [9.17, 15) is 5.11 Å². The van der Waals surface area contributed by atoms with Gasteiger partial charge < -0.3 is 15.7 Å². The number of aliphatic imine (C=N–C) groups is 1. The summed E-state index contributed by atoms with van der Waals surface area (Å²) < 4.78 is 1.87. The van der Waals surface area contributed by atoms with Crippen LogP contribution in [0.25, 0.3) is 0 Å². The first-order valence-electron chi connectivity index (χ1n) is 8.13. The number of hydrogen-bond acceptors (Lipinski definition) is 3. The fraction of sp³-hybridized carbons (Fsp3) is 0.412. The molecule has 8 heteroatoms. The molecule has 1 atom stereocenters. The van der Waals surface area contributed by atoms with Crippen molar-refractivity contribution in [1.29, 1.82) is 0 Å². The monoisotopic (exact) mass is 383 g/mol. The molecule has 1 aromatic heterocycles. The van der Waals surface area contributed by atoms with E-state index in [1.807, 2.05) is 30.9 Å². The minimum Gasteiger partial charge on any atom is -0.386 e. The summed E-state index contributed by atoms with van der Waals surface area (Å²) in [7, 11) is 0. The SMILES string of the molecule is CCNC(=NCC(O)c1cc(Cl)cc(Cl)c1)NCCn1cc(C)cn1. The quantitative estimate of drug-likeness (QED) is 0.507. The number of aliphatic hydroxyl groups is 1. The first kappa shape index (κ1) is 19.6. The third-order valence-electron chi connectivity index (χ3n) is 3.43. The lowest BCUT2D eigenvalue weighted by Crippen LogP contribution is -2.39. The normalized spacial score (nSPS) is 12.9. The summed E-state index contributed by atoms with van der Waals surface area (Å²) >= 11 is 11.9. The number of aliphatic hydroxyl groups excluding tert-OH is 1. The maximum atomic E-state index is 10.3. The third kappa shape index (κ3) is 6.57. The van der Waals surface area contributed by atoms with Gasteiger partial charge in [-0.25, -0.2) is 0 Å². The zero-order chi connectivity index (χ0) is 18.2. The molecule has 2 aromatic rings. The molecule has 0 aliphatic rings. The number of benzene rings is 1. The van der Waals surface area contributed by atoms with Crippen LogP contribution in [0.15, 0.2) is 35.6 Å². The average molecular weight is 384 g/mol. The molecule has 0 saturated heterocycles. The van der Waals surface area contributed by atoms with Crippen LogP contribution in [0.5, 0.6) is 0 Å². The van der Waals surface area contributed by atoms with Gasteiger partial charge in [0.2, 0.25) is 0 Å². The van der Waals surface area contributed by atoms with Crippen molar-refractivity contribution in [1.82, 2.24) is 20.4 Å². The van der Waals surface area contributed by atoms with Gasteiger partial charge >= 0.3 is 0 Å². The van der Waals surface area contributed by atoms with Crippen LogP contribution in [0.2, 0.25) is 10.0 Å². The Hall–Kier alpha value is -1.76. The van der Waals surface area contributed by atoms with Crippen LogP contribution in [0.1, 0.15) is 24.2 Å². The Kier molecular flexibility index (Phi) is 7.55. The highest BCUT2D eigenvalue weighted by Crippen LogP contribution is 2.23. The number of aryl methyl sites for hydroxylation is 1. The van der Waals surface area contributed by atoms with Gasteiger partial charge in [-0.3, -0.25) is 9.67 Å². The highest BCUT2D eigenvalue weighted by molar-refractivity contribution is 6.34. The van der Waals surface area contributed by atoms with Gasteiger partial charge in [0.15, 0.2) is 5.96 Å². The van der Waals surface area contributed by atoms with Gasteiger partial charge in [-0.05, 0) is 43.2 Å². The Bertz CT molecular complexity index is 697. The van der Waals surface area contributed by atoms with Crippen LogP contribution >= 0.6 is 23.2 Å². The molecule has 1 heterocycles. The van der Waals surface area contributed by atoms with E-state index >= 15 is 0 Å². The summed E-state index contributed by atoms with van der Waals surface area (Å²) in [5.74, 6) is 0.638. The maximum absolute atomic E-state index is 10.3. The molecule has 1 unspecified atom stereocenters. The molecule has 0 radical (unpaired) electrons. The Morgan fingerprint density at radius 3 is 2.60 bits per heavy atom. The van der Waals surface area contributed by atoms with Gasteiger partial charge in [0, 0.05) is 29.3 Å². The van der Waals surface area contributed by atoms with Crippen LogP contribution in [0, 0.1) is 6.92 Å². The number of hydrogen-bond donors (Lipinski definition) is 3. The molecule has 6 nitrogen and oxygen atoms in total. The summed E-state index contributed by atoms with van der Waals surface area (Å²) in [6.07, 6.45) is 3.03. The van der Waals surface area contributed by atoms with E-state index in [4.69, 9.17) is 23.2 Å². The lowest BCUT2D eigenvalue weighted by Gasteiger charge is -2.14. The minimum absolute atomic E-state index is 0.201. The molecule has 0 fully saturated rings. The van der Waals surface area contributed by atoms with Crippen molar-refractivity contribution in [3.05, 3.63) is 51.8 Å². The summed E-state index contributed by atoms with van der Waals surface area (Å²) in [5.41, 5.74) is 1.77. The van der Waals surface area contributed by atoms with Crippen molar-refractivity contribution >= 4 is 29.2 Å². The molecule has 0 aliphatic carbocycles. The second-order valence-corrected chi connectivity index (χ2v) is 6.52. The van der Waals surface area contributed by atoms with Gasteiger partial charge in [-0.15, -0.1) is 0 Å². The molecule has 136 valence electrons. The molecule has 0 amide bonds. The fourth-order valence-electron chi connectivity index (χ4n) is 2.27. The largest absolute Gasteiger partial charge is 0.386 e. The Labute approximate surface area is 157 Å².